The van der Waals surface area contributed by atoms with Crippen molar-refractivity contribution in [3.05, 3.63) is 0 Å². The molecule has 0 aromatic heterocycles. The molecule has 0 unspecified atom stereocenters. The summed E-state index contributed by atoms with van der Waals surface area (Å²) in [6.45, 7) is 4.30. The molecule has 0 spiro atoms. The molecule has 0 radical (unpaired) electrons. The first-order valence-corrected chi connectivity index (χ1v) is 4.92. The number of hydrogen-bond acceptors (Lipinski definition) is 5. The van der Waals surface area contributed by atoms with Crippen molar-refractivity contribution >= 4 is 0 Å². The van der Waals surface area contributed by atoms with Gasteiger partial charge in [0, 0.05) is 7.11 Å². The third kappa shape index (κ3) is 2.90. The van der Waals surface area contributed by atoms with Crippen LogP contribution in [0.2, 0.25) is 0 Å². The molecule has 84 valence electrons. The van der Waals surface area contributed by atoms with E-state index in [9.17, 15) is 0 Å². The highest BCUT2D eigenvalue weighted by atomic mass is 17.1. The zero-order valence-electron chi connectivity index (χ0n) is 8.88. The molecular formula is C9H19NO4. The van der Waals surface area contributed by atoms with E-state index in [-0.39, 0.29) is 17.6 Å². The molecule has 0 aromatic carbocycles. The van der Waals surface area contributed by atoms with Gasteiger partial charge in [0.2, 0.25) is 0 Å². The smallest absolute Gasteiger partial charge is 0.111 e. The van der Waals surface area contributed by atoms with Crippen LogP contribution in [-0.2, 0) is 9.57 Å². The number of methoxy groups -OCH3 is 1. The third-order valence-corrected chi connectivity index (χ3v) is 2.96. The van der Waals surface area contributed by atoms with Crippen LogP contribution >= 0.6 is 0 Å². The molecule has 1 rings (SSSR count). The number of nitrogens with zero attached hydrogens (tertiary/aromatic N) is 1. The first-order valence-electron chi connectivity index (χ1n) is 4.92. The Kier molecular flexibility index (Phi) is 4.28. The Morgan fingerprint density at radius 1 is 1.21 bits per heavy atom. The van der Waals surface area contributed by atoms with Gasteiger partial charge >= 0.3 is 0 Å². The number of hydrogen-bond donors (Lipinski definition) is 2. The van der Waals surface area contributed by atoms with Crippen LogP contribution in [0.3, 0.4) is 0 Å². The van der Waals surface area contributed by atoms with E-state index in [1.54, 1.807) is 7.11 Å². The molecular weight excluding hydrogens is 186 g/mol. The van der Waals surface area contributed by atoms with E-state index >= 15 is 0 Å². The quantitative estimate of drug-likeness (QED) is 0.680. The molecule has 0 saturated heterocycles. The second-order valence-corrected chi connectivity index (χ2v) is 4.15. The van der Waals surface area contributed by atoms with Gasteiger partial charge in [0.25, 0.3) is 0 Å². The average molecular weight is 205 g/mol. The van der Waals surface area contributed by atoms with Gasteiger partial charge in [-0.25, -0.2) is 4.84 Å². The maximum atomic E-state index is 8.56. The van der Waals surface area contributed by atoms with Crippen molar-refractivity contribution in [2.24, 2.45) is 11.8 Å². The van der Waals surface area contributed by atoms with E-state index in [4.69, 9.17) is 20.0 Å². The van der Waals surface area contributed by atoms with Crippen molar-refractivity contribution in [1.82, 2.24) is 5.39 Å². The highest BCUT2D eigenvalue weighted by Gasteiger charge is 2.37. The predicted octanol–water partition coefficient (Wildman–Crippen LogP) is 1.45. The Labute approximate surface area is 84.1 Å². The molecule has 1 fully saturated rings. The van der Waals surface area contributed by atoms with Crippen molar-refractivity contribution in [1.29, 1.82) is 0 Å². The lowest BCUT2D eigenvalue weighted by Gasteiger charge is -2.18. The summed E-state index contributed by atoms with van der Waals surface area (Å²) in [4.78, 5) is 4.81. The Hall–Kier alpha value is -0.200. The molecule has 5 nitrogen and oxygen atoms in total. The van der Waals surface area contributed by atoms with Crippen LogP contribution in [0.15, 0.2) is 0 Å². The molecule has 1 aliphatic rings. The summed E-state index contributed by atoms with van der Waals surface area (Å²) >= 11 is 0. The molecule has 1 aliphatic carbocycles. The average Bonchev–Trinajstić information content (AvgIpc) is 2.46. The van der Waals surface area contributed by atoms with E-state index in [1.807, 2.05) is 0 Å². The van der Waals surface area contributed by atoms with E-state index in [0.717, 1.165) is 12.8 Å². The molecule has 5 heteroatoms. The number of rotatable bonds is 4. The van der Waals surface area contributed by atoms with Gasteiger partial charge in [0.05, 0.1) is 11.5 Å². The maximum Gasteiger partial charge on any atom is 0.111 e. The minimum absolute atomic E-state index is 0.0517. The van der Waals surface area contributed by atoms with Crippen molar-refractivity contribution < 1.29 is 20.0 Å². The van der Waals surface area contributed by atoms with Gasteiger partial charge in [-0.1, -0.05) is 13.8 Å². The summed E-state index contributed by atoms with van der Waals surface area (Å²) in [7, 11) is 1.61. The van der Waals surface area contributed by atoms with Gasteiger partial charge in [-0.15, -0.1) is 0 Å². The summed E-state index contributed by atoms with van der Waals surface area (Å²) in [5.41, 5.74) is 0. The van der Waals surface area contributed by atoms with E-state index in [1.165, 1.54) is 0 Å². The predicted molar refractivity (Wildman–Crippen MR) is 48.6 cm³/mol. The number of ether oxygens (including phenoxy) is 1. The van der Waals surface area contributed by atoms with E-state index in [0.29, 0.717) is 11.8 Å². The van der Waals surface area contributed by atoms with Crippen molar-refractivity contribution in [3.8, 4) is 0 Å². The molecule has 0 heterocycles. The highest BCUT2D eigenvalue weighted by molar-refractivity contribution is 4.86. The second-order valence-electron chi connectivity index (χ2n) is 4.15. The summed E-state index contributed by atoms with van der Waals surface area (Å²) in [6.07, 6.45) is 1.40. The molecule has 1 saturated carbocycles. The monoisotopic (exact) mass is 205 g/mol. The molecule has 14 heavy (non-hydrogen) atoms. The fraction of sp³-hybridized carbons (Fsp3) is 1.00. The van der Waals surface area contributed by atoms with Crippen LogP contribution in [0.25, 0.3) is 0 Å². The van der Waals surface area contributed by atoms with E-state index < -0.39 is 0 Å². The molecule has 2 N–H and O–H groups in total. The zero-order valence-corrected chi connectivity index (χ0v) is 8.88. The zero-order chi connectivity index (χ0) is 10.7. The molecule has 0 aliphatic heterocycles. The summed E-state index contributed by atoms with van der Waals surface area (Å²) < 4.78 is 5.23. The third-order valence-electron chi connectivity index (χ3n) is 2.96. The molecule has 0 bridgehead atoms. The largest absolute Gasteiger partial charge is 0.379 e. The Morgan fingerprint density at radius 3 is 2.21 bits per heavy atom. The summed E-state index contributed by atoms with van der Waals surface area (Å²) in [5.74, 6) is 1.08. The van der Waals surface area contributed by atoms with Crippen molar-refractivity contribution in [2.45, 2.75) is 38.9 Å². The van der Waals surface area contributed by atoms with Gasteiger partial charge in [-0.2, -0.15) is 0 Å². The van der Waals surface area contributed by atoms with Gasteiger partial charge in [-0.3, -0.25) is 10.4 Å². The van der Waals surface area contributed by atoms with Crippen LogP contribution in [0.5, 0.6) is 0 Å². The topological polar surface area (TPSA) is 62.2 Å². The standard InChI is InChI=1S/C9H19NO4/c1-6(2)7-4-8(13-3)9(5-7)14-10(11)12/h6-9,11-12H,4-5H2,1-3H3/t7-,8+,9+/m1/s1. The Bertz CT molecular complexity index is 174. The fourth-order valence-corrected chi connectivity index (χ4v) is 2.02. The Balaban J connectivity index is 2.49. The SMILES string of the molecule is CO[C@H]1C[C@@H](C(C)C)C[C@@H]1ON(O)O. The normalized spacial score (nSPS) is 33.2. The van der Waals surface area contributed by atoms with Crippen molar-refractivity contribution in [3.63, 3.8) is 0 Å². The minimum Gasteiger partial charge on any atom is -0.379 e. The first-order chi connectivity index (χ1) is 6.54. The summed E-state index contributed by atoms with van der Waals surface area (Å²) in [5, 5.41) is 16.9. The molecule has 0 amide bonds. The molecule has 3 atom stereocenters. The van der Waals surface area contributed by atoms with Crippen LogP contribution < -0.4 is 0 Å². The highest BCUT2D eigenvalue weighted by Crippen LogP contribution is 2.34. The lowest BCUT2D eigenvalue weighted by molar-refractivity contribution is -0.508. The van der Waals surface area contributed by atoms with Crippen LogP contribution in [0.1, 0.15) is 26.7 Å². The lowest BCUT2D eigenvalue weighted by Crippen LogP contribution is -2.31. The minimum atomic E-state index is -0.262. The lowest BCUT2D eigenvalue weighted by atomic mass is 9.94. The van der Waals surface area contributed by atoms with E-state index in [2.05, 4.69) is 13.8 Å². The second kappa shape index (κ2) is 5.04. The van der Waals surface area contributed by atoms with Gasteiger partial charge in [-0.05, 0) is 24.7 Å². The Morgan fingerprint density at radius 2 is 1.79 bits per heavy atom. The van der Waals surface area contributed by atoms with Gasteiger partial charge in [0.1, 0.15) is 6.10 Å². The molecule has 0 aromatic rings. The fourth-order valence-electron chi connectivity index (χ4n) is 2.02. The maximum absolute atomic E-state index is 8.56. The van der Waals surface area contributed by atoms with Crippen LogP contribution in [-0.4, -0.2) is 35.1 Å². The van der Waals surface area contributed by atoms with Gasteiger partial charge in [0.15, 0.2) is 0 Å². The first kappa shape index (κ1) is 11.9. The summed E-state index contributed by atoms with van der Waals surface area (Å²) in [6, 6.07) is 0. The van der Waals surface area contributed by atoms with Gasteiger partial charge < -0.3 is 4.74 Å². The van der Waals surface area contributed by atoms with Crippen molar-refractivity contribution in [2.75, 3.05) is 7.11 Å². The van der Waals surface area contributed by atoms with Crippen LogP contribution in [0.4, 0.5) is 0 Å². The van der Waals surface area contributed by atoms with Crippen LogP contribution in [0, 0.1) is 11.8 Å².